The van der Waals surface area contributed by atoms with Crippen LogP contribution >= 0.6 is 0 Å². The van der Waals surface area contributed by atoms with Crippen LogP contribution in [0.1, 0.15) is 18.1 Å². The summed E-state index contributed by atoms with van der Waals surface area (Å²) in [6.45, 7) is 7.38. The molecule has 0 radical (unpaired) electrons. The number of nitrogens with zero attached hydrogens (tertiary/aromatic N) is 1. The molecule has 1 amide bonds. The second-order valence-corrected chi connectivity index (χ2v) is 8.14. The third kappa shape index (κ3) is 5.32. The standard InChI is InChI=1S/C24H33N3O3/c1-19(25(2)18-21-11-8-12-22(29-3)23(21)30-4)24(28)27-15-13-26(14-16-27)17-20-9-6-5-7-10-20/h5-12,19H,13-18H2,1-4H3/p+2/t19-/m1/s1. The first-order chi connectivity index (χ1) is 14.5. The first kappa shape index (κ1) is 22.1. The fourth-order valence-corrected chi connectivity index (χ4v) is 4.14. The van der Waals surface area contributed by atoms with Gasteiger partial charge in [0.2, 0.25) is 0 Å². The smallest absolute Gasteiger partial charge is 0.280 e. The van der Waals surface area contributed by atoms with Crippen LogP contribution in [0.3, 0.4) is 0 Å². The molecular weight excluding hydrogens is 378 g/mol. The highest BCUT2D eigenvalue weighted by molar-refractivity contribution is 5.80. The molecule has 2 N–H and O–H groups in total. The van der Waals surface area contributed by atoms with Crippen LogP contribution in [0.25, 0.3) is 0 Å². The van der Waals surface area contributed by atoms with Crippen molar-refractivity contribution >= 4 is 5.91 Å². The Labute approximate surface area is 180 Å². The molecule has 1 aliphatic heterocycles. The van der Waals surface area contributed by atoms with Gasteiger partial charge in [-0.2, -0.15) is 0 Å². The summed E-state index contributed by atoms with van der Waals surface area (Å²) < 4.78 is 11.0. The number of carbonyl (C=O) groups excluding carboxylic acids is 1. The summed E-state index contributed by atoms with van der Waals surface area (Å²) in [6.07, 6.45) is 0. The lowest BCUT2D eigenvalue weighted by molar-refractivity contribution is -0.918. The number of hydrogen-bond acceptors (Lipinski definition) is 3. The molecule has 0 aromatic heterocycles. The Kier molecular flexibility index (Phi) is 7.71. The van der Waals surface area contributed by atoms with Crippen LogP contribution in [0.2, 0.25) is 0 Å². The zero-order valence-electron chi connectivity index (χ0n) is 18.6. The Morgan fingerprint density at radius 1 is 1.07 bits per heavy atom. The lowest BCUT2D eigenvalue weighted by Gasteiger charge is -2.34. The molecule has 0 saturated carbocycles. The van der Waals surface area contributed by atoms with Crippen molar-refractivity contribution in [3.63, 3.8) is 0 Å². The number of rotatable bonds is 8. The third-order valence-electron chi connectivity index (χ3n) is 6.14. The van der Waals surface area contributed by atoms with Crippen LogP contribution in [-0.4, -0.2) is 64.3 Å². The first-order valence-corrected chi connectivity index (χ1v) is 10.7. The van der Waals surface area contributed by atoms with Gasteiger partial charge in [0.25, 0.3) is 5.91 Å². The maximum absolute atomic E-state index is 13.1. The van der Waals surface area contributed by atoms with Crippen LogP contribution in [0.5, 0.6) is 11.5 Å². The van der Waals surface area contributed by atoms with Crippen molar-refractivity contribution in [2.45, 2.75) is 26.1 Å². The van der Waals surface area contributed by atoms with Crippen LogP contribution in [-0.2, 0) is 17.9 Å². The lowest BCUT2D eigenvalue weighted by Crippen LogP contribution is -3.14. The highest BCUT2D eigenvalue weighted by Gasteiger charge is 2.31. The van der Waals surface area contributed by atoms with Gasteiger partial charge in [-0.3, -0.25) is 4.79 Å². The van der Waals surface area contributed by atoms with E-state index >= 15 is 0 Å². The Morgan fingerprint density at radius 3 is 2.40 bits per heavy atom. The van der Waals surface area contributed by atoms with Gasteiger partial charge in [0, 0.05) is 5.56 Å². The zero-order chi connectivity index (χ0) is 21.5. The number of nitrogens with one attached hydrogen (secondary N) is 2. The molecule has 30 heavy (non-hydrogen) atoms. The molecule has 2 atom stereocenters. The van der Waals surface area contributed by atoms with E-state index in [1.807, 2.05) is 30.0 Å². The Balaban J connectivity index is 1.54. The average molecular weight is 414 g/mol. The topological polar surface area (TPSA) is 47.7 Å². The van der Waals surface area contributed by atoms with E-state index in [-0.39, 0.29) is 11.9 Å². The Bertz CT molecular complexity index is 820. The highest BCUT2D eigenvalue weighted by atomic mass is 16.5. The molecule has 3 rings (SSSR count). The van der Waals surface area contributed by atoms with Crippen molar-refractivity contribution < 1.29 is 24.1 Å². The van der Waals surface area contributed by atoms with E-state index in [1.165, 1.54) is 5.56 Å². The third-order valence-corrected chi connectivity index (χ3v) is 6.14. The van der Waals surface area contributed by atoms with E-state index in [0.29, 0.717) is 6.54 Å². The maximum atomic E-state index is 13.1. The van der Waals surface area contributed by atoms with Gasteiger partial charge in [0.15, 0.2) is 17.5 Å². The van der Waals surface area contributed by atoms with E-state index in [2.05, 4.69) is 37.4 Å². The molecule has 0 spiro atoms. The minimum absolute atomic E-state index is 0.114. The summed E-state index contributed by atoms with van der Waals surface area (Å²) in [4.78, 5) is 17.8. The molecule has 6 heteroatoms. The second kappa shape index (κ2) is 10.5. The molecule has 0 aliphatic carbocycles. The summed E-state index contributed by atoms with van der Waals surface area (Å²) in [7, 11) is 5.37. The predicted molar refractivity (Wildman–Crippen MR) is 117 cm³/mol. The summed E-state index contributed by atoms with van der Waals surface area (Å²) in [5.41, 5.74) is 2.41. The van der Waals surface area contributed by atoms with Crippen LogP contribution in [0.15, 0.2) is 48.5 Å². The molecule has 2 aromatic rings. The number of methoxy groups -OCH3 is 2. The number of hydrogen-bond donors (Lipinski definition) is 2. The van der Waals surface area contributed by atoms with Gasteiger partial charge in [0.1, 0.15) is 13.1 Å². The number of carbonyl (C=O) groups is 1. The quantitative estimate of drug-likeness (QED) is 0.642. The molecule has 1 aliphatic rings. The van der Waals surface area contributed by atoms with Gasteiger partial charge >= 0.3 is 0 Å². The van der Waals surface area contributed by atoms with E-state index < -0.39 is 0 Å². The molecule has 162 valence electrons. The van der Waals surface area contributed by atoms with Crippen molar-refractivity contribution in [3.05, 3.63) is 59.7 Å². The van der Waals surface area contributed by atoms with Crippen molar-refractivity contribution in [2.24, 2.45) is 0 Å². The van der Waals surface area contributed by atoms with Gasteiger partial charge < -0.3 is 24.2 Å². The van der Waals surface area contributed by atoms with Gasteiger partial charge in [0.05, 0.1) is 53.0 Å². The van der Waals surface area contributed by atoms with Gasteiger partial charge in [-0.05, 0) is 19.1 Å². The average Bonchev–Trinajstić information content (AvgIpc) is 2.79. The number of likely N-dealkylation sites (N-methyl/N-ethyl adjacent to an activating group) is 1. The normalized spacial score (nSPS) is 16.7. The number of quaternary nitrogens is 2. The molecule has 1 heterocycles. The maximum Gasteiger partial charge on any atom is 0.280 e. The fraction of sp³-hybridized carbons (Fsp3) is 0.458. The van der Waals surface area contributed by atoms with Crippen molar-refractivity contribution in [1.29, 1.82) is 0 Å². The molecule has 1 unspecified atom stereocenters. The molecular formula is C24H35N3O3+2. The van der Waals surface area contributed by atoms with Crippen molar-refractivity contribution in [2.75, 3.05) is 47.4 Å². The van der Waals surface area contributed by atoms with E-state index in [4.69, 9.17) is 9.47 Å². The molecule has 1 fully saturated rings. The molecule has 0 bridgehead atoms. The van der Waals surface area contributed by atoms with Crippen molar-refractivity contribution in [1.82, 2.24) is 4.90 Å². The summed E-state index contributed by atoms with van der Waals surface area (Å²) >= 11 is 0. The molecule has 2 aromatic carbocycles. The SMILES string of the molecule is COc1cccc(C[NH+](C)[C@H](C)C(=O)N2CC[NH+](Cc3ccccc3)CC2)c1OC. The van der Waals surface area contributed by atoms with E-state index in [0.717, 1.165) is 54.7 Å². The van der Waals surface area contributed by atoms with Gasteiger partial charge in [-0.15, -0.1) is 0 Å². The lowest BCUT2D eigenvalue weighted by atomic mass is 10.1. The summed E-state index contributed by atoms with van der Waals surface area (Å²) in [6, 6.07) is 16.4. The number of amides is 1. The van der Waals surface area contributed by atoms with E-state index in [1.54, 1.807) is 19.1 Å². The predicted octanol–water partition coefficient (Wildman–Crippen LogP) is 0.0343. The van der Waals surface area contributed by atoms with Gasteiger partial charge in [-0.1, -0.05) is 36.4 Å². The first-order valence-electron chi connectivity index (χ1n) is 10.7. The van der Waals surface area contributed by atoms with Crippen molar-refractivity contribution in [3.8, 4) is 11.5 Å². The van der Waals surface area contributed by atoms with Crippen LogP contribution < -0.4 is 19.3 Å². The fourth-order valence-electron chi connectivity index (χ4n) is 4.14. The molecule has 1 saturated heterocycles. The Hall–Kier alpha value is -2.57. The van der Waals surface area contributed by atoms with Gasteiger partial charge in [-0.25, -0.2) is 0 Å². The van der Waals surface area contributed by atoms with Crippen LogP contribution in [0.4, 0.5) is 0 Å². The van der Waals surface area contributed by atoms with E-state index in [9.17, 15) is 4.79 Å². The highest BCUT2D eigenvalue weighted by Crippen LogP contribution is 2.30. The monoisotopic (exact) mass is 413 g/mol. The summed E-state index contributed by atoms with van der Waals surface area (Å²) in [5, 5.41) is 0. The number of piperazine rings is 1. The number of ether oxygens (including phenoxy) is 2. The zero-order valence-corrected chi connectivity index (χ0v) is 18.6. The number of benzene rings is 2. The minimum atomic E-state index is -0.114. The Morgan fingerprint density at radius 2 is 1.77 bits per heavy atom. The minimum Gasteiger partial charge on any atom is -0.493 e. The van der Waals surface area contributed by atoms with Crippen LogP contribution in [0, 0.1) is 0 Å². The largest absolute Gasteiger partial charge is 0.493 e. The number of para-hydroxylation sites is 1. The second-order valence-electron chi connectivity index (χ2n) is 8.14. The molecule has 6 nitrogen and oxygen atoms in total. The summed E-state index contributed by atoms with van der Waals surface area (Å²) in [5.74, 6) is 1.70.